The smallest absolute Gasteiger partial charge is 0.324 e. The SMILES string of the molecule is O=c1[nH]c(=O)c2cc(-n3cccc3)ccc2[nH]1. The van der Waals surface area contributed by atoms with E-state index >= 15 is 0 Å². The maximum Gasteiger partial charge on any atom is 0.326 e. The van der Waals surface area contributed by atoms with Crippen molar-refractivity contribution < 1.29 is 0 Å². The van der Waals surface area contributed by atoms with Gasteiger partial charge in [-0.2, -0.15) is 0 Å². The zero-order valence-corrected chi connectivity index (χ0v) is 8.81. The summed E-state index contributed by atoms with van der Waals surface area (Å²) in [6, 6.07) is 9.12. The highest BCUT2D eigenvalue weighted by Crippen LogP contribution is 2.13. The van der Waals surface area contributed by atoms with Gasteiger partial charge in [0.1, 0.15) is 0 Å². The van der Waals surface area contributed by atoms with Crippen LogP contribution in [0.5, 0.6) is 0 Å². The highest BCUT2D eigenvalue weighted by atomic mass is 16.2. The molecule has 0 saturated carbocycles. The molecule has 0 bridgehead atoms. The molecule has 3 rings (SSSR count). The van der Waals surface area contributed by atoms with Crippen LogP contribution in [0.4, 0.5) is 0 Å². The summed E-state index contributed by atoms with van der Waals surface area (Å²) in [4.78, 5) is 27.5. The zero-order valence-electron chi connectivity index (χ0n) is 8.81. The van der Waals surface area contributed by atoms with E-state index in [4.69, 9.17) is 0 Å². The number of rotatable bonds is 1. The molecule has 2 heterocycles. The third kappa shape index (κ3) is 1.57. The van der Waals surface area contributed by atoms with Gasteiger partial charge in [0.15, 0.2) is 0 Å². The molecule has 2 N–H and O–H groups in total. The molecule has 0 amide bonds. The monoisotopic (exact) mass is 227 g/mol. The Balaban J connectivity index is 2.34. The van der Waals surface area contributed by atoms with Crippen LogP contribution >= 0.6 is 0 Å². The highest BCUT2D eigenvalue weighted by Gasteiger charge is 2.02. The van der Waals surface area contributed by atoms with Gasteiger partial charge in [0.25, 0.3) is 5.56 Å². The fourth-order valence-electron chi connectivity index (χ4n) is 1.82. The molecular formula is C12H9N3O2. The largest absolute Gasteiger partial charge is 0.326 e. The molecule has 5 nitrogen and oxygen atoms in total. The van der Waals surface area contributed by atoms with E-state index in [1.807, 2.05) is 35.2 Å². The lowest BCUT2D eigenvalue weighted by Crippen LogP contribution is -2.21. The van der Waals surface area contributed by atoms with Gasteiger partial charge in [-0.1, -0.05) is 0 Å². The maximum atomic E-state index is 11.6. The van der Waals surface area contributed by atoms with E-state index in [0.717, 1.165) is 5.69 Å². The molecule has 17 heavy (non-hydrogen) atoms. The molecule has 0 radical (unpaired) electrons. The molecule has 0 aliphatic carbocycles. The first-order chi connectivity index (χ1) is 8.24. The van der Waals surface area contributed by atoms with Crippen molar-refractivity contribution in [3.63, 3.8) is 0 Å². The lowest BCUT2D eigenvalue weighted by Gasteiger charge is -2.03. The minimum absolute atomic E-state index is 0.377. The maximum absolute atomic E-state index is 11.6. The Morgan fingerprint density at radius 1 is 1.00 bits per heavy atom. The van der Waals surface area contributed by atoms with Crippen molar-refractivity contribution in [2.24, 2.45) is 0 Å². The van der Waals surface area contributed by atoms with Gasteiger partial charge in [0, 0.05) is 18.1 Å². The van der Waals surface area contributed by atoms with Gasteiger partial charge in [-0.15, -0.1) is 0 Å². The highest BCUT2D eigenvalue weighted by molar-refractivity contribution is 5.79. The van der Waals surface area contributed by atoms with Crippen LogP contribution in [-0.4, -0.2) is 14.5 Å². The lowest BCUT2D eigenvalue weighted by atomic mass is 10.2. The number of aromatic amines is 2. The Labute approximate surface area is 95.4 Å². The summed E-state index contributed by atoms with van der Waals surface area (Å²) < 4.78 is 1.89. The normalized spacial score (nSPS) is 10.8. The Kier molecular flexibility index (Phi) is 1.98. The fraction of sp³-hybridized carbons (Fsp3) is 0. The van der Waals surface area contributed by atoms with E-state index in [1.54, 1.807) is 12.1 Å². The van der Waals surface area contributed by atoms with Crippen molar-refractivity contribution >= 4 is 10.9 Å². The van der Waals surface area contributed by atoms with E-state index in [1.165, 1.54) is 0 Å². The Morgan fingerprint density at radius 3 is 2.53 bits per heavy atom. The first-order valence-corrected chi connectivity index (χ1v) is 5.14. The third-order valence-electron chi connectivity index (χ3n) is 2.63. The second kappa shape index (κ2) is 3.48. The number of hydrogen-bond donors (Lipinski definition) is 2. The topological polar surface area (TPSA) is 70.7 Å². The molecule has 0 atom stereocenters. The van der Waals surface area contributed by atoms with Crippen molar-refractivity contribution in [2.45, 2.75) is 0 Å². The molecule has 84 valence electrons. The van der Waals surface area contributed by atoms with Crippen molar-refractivity contribution in [3.8, 4) is 5.69 Å². The fourth-order valence-corrected chi connectivity index (χ4v) is 1.82. The van der Waals surface area contributed by atoms with Crippen molar-refractivity contribution in [2.75, 3.05) is 0 Å². The van der Waals surface area contributed by atoms with Crippen LogP contribution in [0.15, 0.2) is 52.3 Å². The Hall–Kier alpha value is -2.56. The standard InChI is InChI=1S/C12H9N3O2/c16-11-9-7-8(15-5-1-2-6-15)3-4-10(9)13-12(17)14-11/h1-7H,(H2,13,14,16,17). The van der Waals surface area contributed by atoms with E-state index in [9.17, 15) is 9.59 Å². The van der Waals surface area contributed by atoms with Crippen LogP contribution < -0.4 is 11.2 Å². The van der Waals surface area contributed by atoms with Gasteiger partial charge >= 0.3 is 5.69 Å². The van der Waals surface area contributed by atoms with Gasteiger partial charge in [-0.3, -0.25) is 9.78 Å². The van der Waals surface area contributed by atoms with E-state index < -0.39 is 5.69 Å². The average Bonchev–Trinajstić information content (AvgIpc) is 2.82. The number of fused-ring (bicyclic) bond motifs is 1. The first kappa shape index (κ1) is 9.65. The molecule has 0 unspecified atom stereocenters. The number of H-pyrrole nitrogens is 2. The van der Waals surface area contributed by atoms with E-state index in [0.29, 0.717) is 10.9 Å². The number of nitrogens with one attached hydrogen (secondary N) is 2. The number of aromatic nitrogens is 3. The van der Waals surface area contributed by atoms with Gasteiger partial charge in [0.2, 0.25) is 0 Å². The molecular weight excluding hydrogens is 218 g/mol. The van der Waals surface area contributed by atoms with Crippen LogP contribution in [-0.2, 0) is 0 Å². The molecule has 0 spiro atoms. The molecule has 0 aliphatic rings. The minimum Gasteiger partial charge on any atom is -0.324 e. The summed E-state index contributed by atoms with van der Waals surface area (Å²) in [5, 5.41) is 0.468. The number of benzene rings is 1. The quantitative estimate of drug-likeness (QED) is 0.651. The van der Waals surface area contributed by atoms with Gasteiger partial charge in [0.05, 0.1) is 10.9 Å². The summed E-state index contributed by atoms with van der Waals surface area (Å²) in [6.07, 6.45) is 3.78. The molecule has 5 heteroatoms. The molecule has 0 saturated heterocycles. The molecule has 2 aromatic heterocycles. The lowest BCUT2D eigenvalue weighted by molar-refractivity contribution is 1.06. The average molecular weight is 227 g/mol. The summed E-state index contributed by atoms with van der Waals surface area (Å²) in [5.74, 6) is 0. The predicted octanol–water partition coefficient (Wildman–Crippen LogP) is 1.01. The van der Waals surface area contributed by atoms with Crippen LogP contribution in [0, 0.1) is 0 Å². The van der Waals surface area contributed by atoms with Crippen LogP contribution in [0.1, 0.15) is 0 Å². The van der Waals surface area contributed by atoms with Gasteiger partial charge in [-0.25, -0.2) is 4.79 Å². The Bertz CT molecular complexity index is 781. The predicted molar refractivity (Wildman–Crippen MR) is 64.5 cm³/mol. The van der Waals surface area contributed by atoms with Gasteiger partial charge < -0.3 is 9.55 Å². The van der Waals surface area contributed by atoms with Crippen molar-refractivity contribution in [1.29, 1.82) is 0 Å². The second-order valence-electron chi connectivity index (χ2n) is 3.73. The third-order valence-corrected chi connectivity index (χ3v) is 2.63. The summed E-state index contributed by atoms with van der Waals surface area (Å²) in [6.45, 7) is 0. The van der Waals surface area contributed by atoms with E-state index in [-0.39, 0.29) is 5.56 Å². The summed E-state index contributed by atoms with van der Waals surface area (Å²) in [5.41, 5.74) is 0.545. The van der Waals surface area contributed by atoms with Crippen LogP contribution in [0.25, 0.3) is 16.6 Å². The van der Waals surface area contributed by atoms with Crippen molar-refractivity contribution in [3.05, 3.63) is 63.6 Å². The zero-order chi connectivity index (χ0) is 11.8. The first-order valence-electron chi connectivity index (χ1n) is 5.14. The second-order valence-corrected chi connectivity index (χ2v) is 3.73. The molecule has 0 aliphatic heterocycles. The number of hydrogen-bond acceptors (Lipinski definition) is 2. The molecule has 1 aromatic carbocycles. The number of nitrogens with zero attached hydrogens (tertiary/aromatic N) is 1. The minimum atomic E-state index is -0.490. The molecule has 3 aromatic rings. The van der Waals surface area contributed by atoms with Crippen molar-refractivity contribution in [1.82, 2.24) is 14.5 Å². The van der Waals surface area contributed by atoms with E-state index in [2.05, 4.69) is 9.97 Å². The summed E-state index contributed by atoms with van der Waals surface area (Å²) in [7, 11) is 0. The van der Waals surface area contributed by atoms with Crippen LogP contribution in [0.3, 0.4) is 0 Å². The van der Waals surface area contributed by atoms with Crippen LogP contribution in [0.2, 0.25) is 0 Å². The summed E-state index contributed by atoms with van der Waals surface area (Å²) >= 11 is 0. The molecule has 0 fully saturated rings. The van der Waals surface area contributed by atoms with Gasteiger partial charge in [-0.05, 0) is 30.3 Å². The Morgan fingerprint density at radius 2 is 1.76 bits per heavy atom.